The van der Waals surface area contributed by atoms with Crippen LogP contribution in [-0.2, 0) is 157 Å². The Kier molecular flexibility index (Phi) is 54.1. The number of ether oxygens (including phenoxy) is 8. The summed E-state index contributed by atoms with van der Waals surface area (Å²) in [7, 11) is -30.6. The maximum Gasteiger partial charge on any atom is 0.500 e. The van der Waals surface area contributed by atoms with Gasteiger partial charge < -0.3 is 157 Å². The summed E-state index contributed by atoms with van der Waals surface area (Å²) in [6.07, 6.45) is 6.41. The van der Waals surface area contributed by atoms with Gasteiger partial charge in [0, 0.05) is 149 Å². The normalized spacial score (nSPS) is 32.2. The minimum atomic E-state index is -2.79. The van der Waals surface area contributed by atoms with Crippen LogP contribution in [0.2, 0.25) is 211 Å². The highest BCUT2D eigenvalue weighted by molar-refractivity contribution is 7.30. The molecular weight excluding hydrogens is 2000 g/mol. The van der Waals surface area contributed by atoms with Gasteiger partial charge in [-0.25, -0.2) is 0 Å². The zero-order valence-electron chi connectivity index (χ0n) is 83.3. The second-order valence-corrected chi connectivity index (χ2v) is 111. The van der Waals surface area contributed by atoms with Crippen molar-refractivity contribution in [3.63, 3.8) is 0 Å². The van der Waals surface area contributed by atoms with E-state index in [-0.39, 0.29) is 17.6 Å². The lowest BCUT2D eigenvalue weighted by atomic mass is 10.3. The minimum absolute atomic E-state index is 0.153. The van der Waals surface area contributed by atoms with Gasteiger partial charge in [0.2, 0.25) is 0 Å². The standard InChI is InChI=1S/C22H57O9Si7.C16H36O8Si4.C15H38O9Si5.C14H40O10Si6/c1-23-38(24-2,25-3)19-18-36(13,28-32(4)34(8,9)10)30-35(11,12)31-37(14,29-33(5,6)7)17-15-16-26-20-22-21-27-22;1-25-21-26(2)23-28(4,16-14-18-8-5-6-10-19-16)24-27(3,22-25)11-7-9-17-12-15-13-20-15;1-16-29(17-2,18-3)13-12-27(6)22-25(4)21-26(5)23-28(7,24-27)15-14-19-10-8-9-11-20-15;1-15-29(16-2,17-3)13-11-27(9)22-25(7)21-26(8)23-28(10,24-27)12-14-30(18-4,19-5)20-6/h22H,15-21H2,1-14H3;15-16,25-26H,5-14H2,1-4H3;15,25-26H,8-14H2,1-7H3;25-26H,11-14H2,1-10H3. The summed E-state index contributed by atoms with van der Waals surface area (Å²) < 4.78 is 219. The predicted octanol–water partition coefficient (Wildman–Crippen LogP) is 10.1. The smallest absolute Gasteiger partial charge is 0.439 e. The van der Waals surface area contributed by atoms with Crippen LogP contribution in [-0.4, -0.2) is 381 Å². The van der Waals surface area contributed by atoms with Crippen molar-refractivity contribution in [1.29, 1.82) is 0 Å². The first kappa shape index (κ1) is 121. The molecule has 7 aliphatic heterocycles. The minimum Gasteiger partial charge on any atom is -0.439 e. The van der Waals surface area contributed by atoms with Crippen LogP contribution in [0.1, 0.15) is 38.5 Å². The molecule has 0 aromatic heterocycles. The summed E-state index contributed by atoms with van der Waals surface area (Å²) in [5, 5.41) is 0. The summed E-state index contributed by atoms with van der Waals surface area (Å²) in [4.78, 5) is 0. The van der Waals surface area contributed by atoms with E-state index in [0.29, 0.717) is 94.7 Å². The largest absolute Gasteiger partial charge is 0.500 e. The van der Waals surface area contributed by atoms with Gasteiger partial charge in [-0.2, -0.15) is 0 Å². The molecule has 7 saturated heterocycles. The van der Waals surface area contributed by atoms with Gasteiger partial charge in [0.25, 0.3) is 55.7 Å². The Balaban J connectivity index is 0.000000352. The van der Waals surface area contributed by atoms with E-state index in [1.54, 1.807) is 85.3 Å². The molecule has 0 saturated carbocycles. The molecule has 36 nitrogen and oxygen atoms in total. The fourth-order valence-electron chi connectivity index (χ4n) is 15.3. The Morgan fingerprint density at radius 2 is 0.656 bits per heavy atom. The SMILES string of the molecule is CO[Si](CC[Si](C)(O[Si](C)[Si](C)(C)C)O[Si](C)(C)O[Si](C)(CCCOCC1CO1)O[Si](C)(C)C)(OC)OC.CO[Si](CC[Si]1(C)O[SiH](C)O[SiH](C)O[Si](C)(C2COCCCCO2)O1)(OC)OC.CO[Si](CC[Si]1(C)O[SiH](C)O[SiH](C)O[Si](C)(CC[Si](OC)(OC)OC)O1)(OC)OC.C[SiH]1O[SiH](C)O[Si](C)(C2COCCCCO2)O[Si](C)(CCCOCC2CO2)O1. The molecule has 18 atom stereocenters. The van der Waals surface area contributed by atoms with E-state index in [4.69, 9.17) is 157 Å². The van der Waals surface area contributed by atoms with Crippen LogP contribution in [0.5, 0.6) is 0 Å². The first-order valence-corrected chi connectivity index (χ1v) is 97.3. The molecule has 7 aliphatic rings. The van der Waals surface area contributed by atoms with Gasteiger partial charge in [-0.1, -0.05) is 19.6 Å². The van der Waals surface area contributed by atoms with Crippen molar-refractivity contribution in [2.75, 3.05) is 165 Å². The number of epoxide rings is 2. The summed E-state index contributed by atoms with van der Waals surface area (Å²) >= 11 is 0. The molecule has 18 unspecified atom stereocenters. The third kappa shape index (κ3) is 44.4. The third-order valence-corrected chi connectivity index (χ3v) is 108. The molecule has 58 heteroatoms. The Morgan fingerprint density at radius 1 is 0.344 bits per heavy atom. The van der Waals surface area contributed by atoms with Crippen LogP contribution in [0.3, 0.4) is 0 Å². The lowest BCUT2D eigenvalue weighted by Gasteiger charge is -2.46. The monoisotopic (exact) mass is 2170 g/mol. The van der Waals surface area contributed by atoms with Crippen molar-refractivity contribution in [2.24, 2.45) is 0 Å². The summed E-state index contributed by atoms with van der Waals surface area (Å²) in [5.41, 5.74) is -0.360. The fraction of sp³-hybridized carbons (Fsp3) is 1.00. The maximum absolute atomic E-state index is 7.06. The topological polar surface area (TPSA) is 339 Å². The molecule has 0 aliphatic carbocycles. The molecule has 0 aromatic carbocycles. The molecule has 0 amide bonds. The quantitative estimate of drug-likeness (QED) is 0.0310. The van der Waals surface area contributed by atoms with E-state index in [0.717, 1.165) is 89.7 Å². The van der Waals surface area contributed by atoms with E-state index in [2.05, 4.69) is 124 Å². The average Bonchev–Trinajstić information content (AvgIpc) is 1.78. The van der Waals surface area contributed by atoms with E-state index in [9.17, 15) is 0 Å². The highest BCUT2D eigenvalue weighted by Crippen LogP contribution is 2.39. The van der Waals surface area contributed by atoms with Crippen LogP contribution in [0.25, 0.3) is 0 Å². The Labute approximate surface area is 781 Å². The maximum atomic E-state index is 7.06. The molecule has 1 radical (unpaired) electrons. The average molecular weight is 2170 g/mol. The Hall–Kier alpha value is 3.33. The van der Waals surface area contributed by atoms with Gasteiger partial charge in [0.05, 0.1) is 47.2 Å². The Bertz CT molecular complexity index is 2860. The van der Waals surface area contributed by atoms with E-state index in [1.165, 1.54) is 0 Å². The number of hydrogen-bond donors (Lipinski definition) is 0. The van der Waals surface area contributed by atoms with Crippen molar-refractivity contribution in [3.05, 3.63) is 0 Å². The molecule has 0 bridgehead atoms. The zero-order valence-corrected chi connectivity index (χ0v) is 106. The van der Waals surface area contributed by atoms with Gasteiger partial charge >= 0.3 is 112 Å². The molecule has 7 fully saturated rings. The highest BCUT2D eigenvalue weighted by Gasteiger charge is 2.58. The van der Waals surface area contributed by atoms with Gasteiger partial charge in [0.1, 0.15) is 23.7 Å². The molecule has 0 N–H and O–H groups in total. The molecule has 0 aromatic rings. The molecule has 743 valence electrons. The van der Waals surface area contributed by atoms with Crippen molar-refractivity contribution in [2.45, 2.75) is 273 Å². The summed E-state index contributed by atoms with van der Waals surface area (Å²) in [5.74, 6) is 0. The van der Waals surface area contributed by atoms with Gasteiger partial charge in [-0.05, 0) is 206 Å². The summed E-state index contributed by atoms with van der Waals surface area (Å²) in [6, 6.07) is 6.91. The van der Waals surface area contributed by atoms with E-state index >= 15 is 0 Å². The zero-order chi connectivity index (χ0) is 94.1. The summed E-state index contributed by atoms with van der Waals surface area (Å²) in [6.45, 7) is 57.8. The molecular formula is C67H171O36Si22. The number of rotatable bonds is 47. The molecule has 7 rings (SSSR count). The second kappa shape index (κ2) is 56.1. The van der Waals surface area contributed by atoms with E-state index in [1.807, 2.05) is 26.2 Å². The lowest BCUT2D eigenvalue weighted by Crippen LogP contribution is -2.66. The molecule has 0 spiro atoms. The van der Waals surface area contributed by atoms with Crippen molar-refractivity contribution >= 4 is 192 Å². The number of hydrogen-bond acceptors (Lipinski definition) is 36. The van der Waals surface area contributed by atoms with Gasteiger partial charge in [-0.15, -0.1) is 0 Å². The van der Waals surface area contributed by atoms with E-state index < -0.39 is 192 Å². The first-order valence-electron chi connectivity index (χ1n) is 44.4. The highest BCUT2D eigenvalue weighted by atomic mass is 29.2. The van der Waals surface area contributed by atoms with Crippen molar-refractivity contribution in [3.8, 4) is 0 Å². The van der Waals surface area contributed by atoms with Crippen LogP contribution in [0.15, 0.2) is 0 Å². The Morgan fingerprint density at radius 3 is 0.992 bits per heavy atom. The molecule has 125 heavy (non-hydrogen) atoms. The van der Waals surface area contributed by atoms with Gasteiger partial charge in [-0.3, -0.25) is 0 Å². The van der Waals surface area contributed by atoms with Crippen LogP contribution in [0, 0.1) is 0 Å². The lowest BCUT2D eigenvalue weighted by molar-refractivity contribution is -0.0188. The van der Waals surface area contributed by atoms with Crippen LogP contribution >= 0.6 is 0 Å². The van der Waals surface area contributed by atoms with Crippen molar-refractivity contribution < 1.29 is 157 Å². The predicted molar refractivity (Wildman–Crippen MR) is 529 cm³/mol. The van der Waals surface area contributed by atoms with Crippen LogP contribution < -0.4 is 0 Å². The van der Waals surface area contributed by atoms with Gasteiger partial charge in [0.15, 0.2) is 16.9 Å². The first-order chi connectivity index (χ1) is 58.3. The second-order valence-electron chi connectivity index (χ2n) is 36.1. The third-order valence-electron chi connectivity index (χ3n) is 22.0. The van der Waals surface area contributed by atoms with Crippen molar-refractivity contribution in [1.82, 2.24) is 0 Å². The fourth-order valence-corrected chi connectivity index (χ4v) is 108. The molecule has 7 heterocycles. The van der Waals surface area contributed by atoms with Crippen LogP contribution in [0.4, 0.5) is 0 Å².